The van der Waals surface area contributed by atoms with Crippen molar-refractivity contribution in [3.8, 4) is 0 Å². The third-order valence-corrected chi connectivity index (χ3v) is 3.33. The molecule has 0 aliphatic rings. The van der Waals surface area contributed by atoms with Gasteiger partial charge in [-0.05, 0) is 25.5 Å². The highest BCUT2D eigenvalue weighted by atomic mass is 16.1. The largest absolute Gasteiger partial charge is 0.398 e. The van der Waals surface area contributed by atoms with Crippen molar-refractivity contribution >= 4 is 11.5 Å². The van der Waals surface area contributed by atoms with Crippen LogP contribution in [0.1, 0.15) is 19.4 Å². The van der Waals surface area contributed by atoms with Crippen molar-refractivity contribution in [3.05, 3.63) is 52.6 Å². The van der Waals surface area contributed by atoms with Crippen LogP contribution >= 0.6 is 0 Å². The quantitative estimate of drug-likeness (QED) is 0.844. The number of nitrogens with two attached hydrogens (primary N) is 1. The van der Waals surface area contributed by atoms with Crippen molar-refractivity contribution in [1.29, 1.82) is 0 Å². The van der Waals surface area contributed by atoms with Crippen molar-refractivity contribution in [2.75, 3.05) is 17.2 Å². The predicted octanol–water partition coefficient (Wildman–Crippen LogP) is 1.87. The third kappa shape index (κ3) is 2.82. The number of rotatable bonds is 5. The van der Waals surface area contributed by atoms with Crippen molar-refractivity contribution < 1.29 is 0 Å². The predicted molar refractivity (Wildman–Crippen MR) is 81.7 cm³/mol. The molecule has 0 atom stereocenters. The van der Waals surface area contributed by atoms with E-state index in [1.165, 1.54) is 0 Å². The van der Waals surface area contributed by atoms with Crippen LogP contribution < -0.4 is 16.2 Å². The molecule has 20 heavy (non-hydrogen) atoms. The van der Waals surface area contributed by atoms with E-state index in [2.05, 4.69) is 4.98 Å². The van der Waals surface area contributed by atoms with E-state index in [-0.39, 0.29) is 5.56 Å². The lowest BCUT2D eigenvalue weighted by Crippen LogP contribution is -2.32. The first-order valence-electron chi connectivity index (χ1n) is 6.81. The molecule has 0 aliphatic carbocycles. The number of para-hydroxylation sites is 1. The normalized spacial score (nSPS) is 10.5. The van der Waals surface area contributed by atoms with Gasteiger partial charge in [0, 0.05) is 37.7 Å². The zero-order valence-electron chi connectivity index (χ0n) is 11.9. The van der Waals surface area contributed by atoms with Gasteiger partial charge in [0.1, 0.15) is 0 Å². The smallest absolute Gasteiger partial charge is 0.293 e. The number of nitrogens with zero attached hydrogens (tertiary/aromatic N) is 3. The third-order valence-electron chi connectivity index (χ3n) is 3.33. The summed E-state index contributed by atoms with van der Waals surface area (Å²) in [5.74, 6) is 0.472. The minimum atomic E-state index is -0.0636. The van der Waals surface area contributed by atoms with E-state index < -0.39 is 0 Å². The number of nitrogen functional groups attached to an aromatic ring is 1. The van der Waals surface area contributed by atoms with E-state index in [0.29, 0.717) is 25.5 Å². The average molecular weight is 272 g/mol. The maximum atomic E-state index is 12.3. The maximum Gasteiger partial charge on any atom is 0.293 e. The number of anilines is 2. The lowest BCUT2D eigenvalue weighted by molar-refractivity contribution is 0.699. The summed E-state index contributed by atoms with van der Waals surface area (Å²) in [5.41, 5.74) is 7.64. The molecule has 0 bridgehead atoms. The molecule has 0 amide bonds. The van der Waals surface area contributed by atoms with Crippen molar-refractivity contribution in [3.63, 3.8) is 0 Å². The van der Waals surface area contributed by atoms with Gasteiger partial charge in [0.2, 0.25) is 0 Å². The SMILES string of the molecule is CCN(Cc1ccccc1N)c1nccn(CC)c1=O. The number of benzene rings is 1. The van der Waals surface area contributed by atoms with Gasteiger partial charge in [-0.1, -0.05) is 18.2 Å². The summed E-state index contributed by atoms with van der Waals surface area (Å²) in [5, 5.41) is 0. The van der Waals surface area contributed by atoms with E-state index >= 15 is 0 Å². The Kier molecular flexibility index (Phi) is 4.40. The fourth-order valence-corrected chi connectivity index (χ4v) is 2.12. The molecule has 0 spiro atoms. The Morgan fingerprint density at radius 1 is 1.30 bits per heavy atom. The second-order valence-corrected chi connectivity index (χ2v) is 4.56. The Morgan fingerprint density at radius 2 is 2.05 bits per heavy atom. The fraction of sp³-hybridized carbons (Fsp3) is 0.333. The first kappa shape index (κ1) is 14.1. The minimum absolute atomic E-state index is 0.0636. The standard InChI is InChI=1S/C15H20N4O/c1-3-18-10-9-17-14(15(18)20)19(4-2)11-12-7-5-6-8-13(12)16/h5-10H,3-4,11,16H2,1-2H3. The molecule has 1 aromatic carbocycles. The first-order valence-corrected chi connectivity index (χ1v) is 6.81. The highest BCUT2D eigenvalue weighted by Gasteiger charge is 2.13. The molecule has 2 aromatic rings. The molecule has 5 nitrogen and oxygen atoms in total. The second-order valence-electron chi connectivity index (χ2n) is 4.56. The zero-order valence-corrected chi connectivity index (χ0v) is 11.9. The Bertz CT molecular complexity index is 636. The molecular formula is C15H20N4O. The van der Waals surface area contributed by atoms with Crippen LogP contribution in [-0.2, 0) is 13.1 Å². The number of aryl methyl sites for hydroxylation is 1. The van der Waals surface area contributed by atoms with E-state index in [9.17, 15) is 4.79 Å². The van der Waals surface area contributed by atoms with Gasteiger partial charge in [-0.25, -0.2) is 4.98 Å². The van der Waals surface area contributed by atoms with Crippen LogP contribution in [0.4, 0.5) is 11.5 Å². The van der Waals surface area contributed by atoms with Gasteiger partial charge in [0.05, 0.1) is 0 Å². The van der Waals surface area contributed by atoms with Crippen LogP contribution in [0.25, 0.3) is 0 Å². The summed E-state index contributed by atoms with van der Waals surface area (Å²) in [6.45, 7) is 5.86. The van der Waals surface area contributed by atoms with Crippen LogP contribution in [0.5, 0.6) is 0 Å². The molecule has 0 radical (unpaired) electrons. The minimum Gasteiger partial charge on any atom is -0.398 e. The molecule has 2 N–H and O–H groups in total. The van der Waals surface area contributed by atoms with Gasteiger partial charge < -0.3 is 15.2 Å². The van der Waals surface area contributed by atoms with Crippen LogP contribution in [0.15, 0.2) is 41.5 Å². The molecule has 5 heteroatoms. The van der Waals surface area contributed by atoms with Gasteiger partial charge in [0.25, 0.3) is 5.56 Å². The lowest BCUT2D eigenvalue weighted by atomic mass is 10.1. The van der Waals surface area contributed by atoms with Crippen molar-refractivity contribution in [2.45, 2.75) is 26.9 Å². The Hall–Kier alpha value is -2.30. The molecule has 0 unspecified atom stereocenters. The summed E-state index contributed by atoms with van der Waals surface area (Å²) in [6.07, 6.45) is 3.37. The van der Waals surface area contributed by atoms with Gasteiger partial charge >= 0.3 is 0 Å². The Balaban J connectivity index is 2.34. The zero-order chi connectivity index (χ0) is 14.5. The van der Waals surface area contributed by atoms with E-state index in [1.54, 1.807) is 17.0 Å². The number of hydrogen-bond acceptors (Lipinski definition) is 4. The summed E-state index contributed by atoms with van der Waals surface area (Å²) in [6, 6.07) is 7.69. The molecule has 1 aromatic heterocycles. The summed E-state index contributed by atoms with van der Waals surface area (Å²) < 4.78 is 1.65. The molecular weight excluding hydrogens is 252 g/mol. The highest BCUT2D eigenvalue weighted by molar-refractivity contribution is 5.49. The van der Waals surface area contributed by atoms with Crippen LogP contribution in [0.3, 0.4) is 0 Å². The average Bonchev–Trinajstić information content (AvgIpc) is 2.47. The topological polar surface area (TPSA) is 64.2 Å². The van der Waals surface area contributed by atoms with E-state index in [1.807, 2.05) is 43.0 Å². The molecule has 106 valence electrons. The molecule has 0 aliphatic heterocycles. The first-order chi connectivity index (χ1) is 9.67. The van der Waals surface area contributed by atoms with Gasteiger partial charge in [0.15, 0.2) is 5.82 Å². The summed E-state index contributed by atoms with van der Waals surface area (Å²) >= 11 is 0. The molecule has 1 heterocycles. The molecule has 2 rings (SSSR count). The van der Waals surface area contributed by atoms with Gasteiger partial charge in [-0.3, -0.25) is 4.79 Å². The van der Waals surface area contributed by atoms with Crippen LogP contribution in [-0.4, -0.2) is 16.1 Å². The van der Waals surface area contributed by atoms with E-state index in [4.69, 9.17) is 5.73 Å². The van der Waals surface area contributed by atoms with Crippen molar-refractivity contribution in [1.82, 2.24) is 9.55 Å². The van der Waals surface area contributed by atoms with Crippen LogP contribution in [0, 0.1) is 0 Å². The molecule has 0 saturated heterocycles. The maximum absolute atomic E-state index is 12.3. The summed E-state index contributed by atoms with van der Waals surface area (Å²) in [7, 11) is 0. The second kappa shape index (κ2) is 6.23. The molecule has 0 fully saturated rings. The summed E-state index contributed by atoms with van der Waals surface area (Å²) in [4.78, 5) is 18.5. The van der Waals surface area contributed by atoms with Gasteiger partial charge in [-0.2, -0.15) is 0 Å². The monoisotopic (exact) mass is 272 g/mol. The Morgan fingerprint density at radius 3 is 2.70 bits per heavy atom. The number of aromatic nitrogens is 2. The Labute approximate surface area is 118 Å². The van der Waals surface area contributed by atoms with Crippen molar-refractivity contribution in [2.24, 2.45) is 0 Å². The lowest BCUT2D eigenvalue weighted by Gasteiger charge is -2.22. The fourth-order valence-electron chi connectivity index (χ4n) is 2.12. The van der Waals surface area contributed by atoms with Crippen LogP contribution in [0.2, 0.25) is 0 Å². The highest BCUT2D eigenvalue weighted by Crippen LogP contribution is 2.15. The van der Waals surface area contributed by atoms with E-state index in [0.717, 1.165) is 11.3 Å². The molecule has 0 saturated carbocycles. The van der Waals surface area contributed by atoms with Gasteiger partial charge in [-0.15, -0.1) is 0 Å². The number of hydrogen-bond donors (Lipinski definition) is 1.